The maximum Gasteiger partial charge on any atom is 0.160 e. The molecular weight excluding hydrogens is 140 g/mol. The highest BCUT2D eigenvalue weighted by atomic mass is 16.3. The maximum absolute atomic E-state index is 11.0. The zero-order valence-corrected chi connectivity index (χ0v) is 7.05. The Morgan fingerprint density at radius 3 is 2.18 bits per heavy atom. The van der Waals surface area contributed by atoms with Crippen molar-refractivity contribution in [1.82, 2.24) is 0 Å². The summed E-state index contributed by atoms with van der Waals surface area (Å²) in [5.74, 6) is -0.111. The van der Waals surface area contributed by atoms with E-state index in [1.165, 1.54) is 0 Å². The second kappa shape index (κ2) is 4.09. The fourth-order valence-electron chi connectivity index (χ4n) is 0.524. The van der Waals surface area contributed by atoms with E-state index in [1.54, 1.807) is 13.8 Å². The average Bonchev–Trinajstić information content (AvgIpc) is 1.87. The van der Waals surface area contributed by atoms with Crippen molar-refractivity contribution in [2.24, 2.45) is 0 Å². The molecule has 0 fully saturated rings. The standard InChI is InChI=1S/C9H14O2/c1-6(2)8(10)5-9(11)7(3)4/h8,10H,1,3,5H2,2,4H3. The van der Waals surface area contributed by atoms with E-state index < -0.39 is 6.10 Å². The van der Waals surface area contributed by atoms with Gasteiger partial charge >= 0.3 is 0 Å². The number of Topliss-reactive ketones (excluding diaryl/α,β-unsaturated/α-hetero) is 1. The van der Waals surface area contributed by atoms with E-state index in [2.05, 4.69) is 13.2 Å². The third-order valence-corrected chi connectivity index (χ3v) is 1.42. The normalized spacial score (nSPS) is 12.3. The minimum absolute atomic E-state index is 0.102. The van der Waals surface area contributed by atoms with Crippen LogP contribution in [0, 0.1) is 0 Å². The van der Waals surface area contributed by atoms with Gasteiger partial charge in [0.15, 0.2) is 5.78 Å². The van der Waals surface area contributed by atoms with E-state index in [0.29, 0.717) is 11.1 Å². The third kappa shape index (κ3) is 3.73. The van der Waals surface area contributed by atoms with Crippen molar-refractivity contribution in [1.29, 1.82) is 0 Å². The first-order chi connectivity index (χ1) is 4.95. The predicted molar refractivity (Wildman–Crippen MR) is 45.3 cm³/mol. The number of aliphatic hydroxyl groups is 1. The molecule has 0 aliphatic heterocycles. The number of ketones is 1. The zero-order valence-electron chi connectivity index (χ0n) is 7.05. The van der Waals surface area contributed by atoms with E-state index in [9.17, 15) is 9.90 Å². The molecule has 0 rings (SSSR count). The molecule has 1 atom stereocenters. The topological polar surface area (TPSA) is 37.3 Å². The molecular formula is C9H14O2. The highest BCUT2D eigenvalue weighted by Gasteiger charge is 2.10. The molecule has 0 radical (unpaired) electrons. The number of aliphatic hydroxyl groups excluding tert-OH is 1. The lowest BCUT2D eigenvalue weighted by molar-refractivity contribution is -0.116. The third-order valence-electron chi connectivity index (χ3n) is 1.42. The summed E-state index contributed by atoms with van der Waals surface area (Å²) in [6, 6.07) is 0. The smallest absolute Gasteiger partial charge is 0.160 e. The highest BCUT2D eigenvalue weighted by Crippen LogP contribution is 2.06. The van der Waals surface area contributed by atoms with Crippen LogP contribution in [0.2, 0.25) is 0 Å². The number of carbonyl (C=O) groups is 1. The molecule has 1 N–H and O–H groups in total. The van der Waals surface area contributed by atoms with Gasteiger partial charge in [0.1, 0.15) is 0 Å². The summed E-state index contributed by atoms with van der Waals surface area (Å²) >= 11 is 0. The molecule has 2 heteroatoms. The van der Waals surface area contributed by atoms with Crippen molar-refractivity contribution in [2.75, 3.05) is 0 Å². The molecule has 0 aromatic rings. The fraction of sp³-hybridized carbons (Fsp3) is 0.444. The molecule has 0 aliphatic rings. The lowest BCUT2D eigenvalue weighted by Gasteiger charge is -2.07. The van der Waals surface area contributed by atoms with Gasteiger partial charge in [0.25, 0.3) is 0 Å². The van der Waals surface area contributed by atoms with Crippen LogP contribution in [0.3, 0.4) is 0 Å². The van der Waals surface area contributed by atoms with Crippen molar-refractivity contribution in [3.63, 3.8) is 0 Å². The first-order valence-electron chi connectivity index (χ1n) is 3.47. The van der Waals surface area contributed by atoms with Gasteiger partial charge in [0.2, 0.25) is 0 Å². The van der Waals surface area contributed by atoms with E-state index in [4.69, 9.17) is 0 Å². The summed E-state index contributed by atoms with van der Waals surface area (Å²) in [5, 5.41) is 9.18. The number of carbonyl (C=O) groups excluding carboxylic acids is 1. The van der Waals surface area contributed by atoms with Crippen molar-refractivity contribution >= 4 is 5.78 Å². The molecule has 0 aromatic heterocycles. The lowest BCUT2D eigenvalue weighted by Crippen LogP contribution is -2.14. The van der Waals surface area contributed by atoms with Gasteiger partial charge in [0, 0.05) is 6.42 Å². The summed E-state index contributed by atoms with van der Waals surface area (Å²) in [6.45, 7) is 10.3. The van der Waals surface area contributed by atoms with Gasteiger partial charge in [0.05, 0.1) is 6.10 Å². The van der Waals surface area contributed by atoms with Crippen molar-refractivity contribution in [2.45, 2.75) is 26.4 Å². The van der Waals surface area contributed by atoms with E-state index in [0.717, 1.165) is 0 Å². The number of hydrogen-bond donors (Lipinski definition) is 1. The Labute approximate surface area is 67.2 Å². The Kier molecular flexibility index (Phi) is 3.76. The van der Waals surface area contributed by atoms with Crippen LogP contribution in [0.25, 0.3) is 0 Å². The van der Waals surface area contributed by atoms with E-state index in [-0.39, 0.29) is 12.2 Å². The van der Waals surface area contributed by atoms with Crippen LogP contribution in [-0.4, -0.2) is 17.0 Å². The molecule has 0 saturated carbocycles. The van der Waals surface area contributed by atoms with Crippen LogP contribution in [-0.2, 0) is 4.79 Å². The van der Waals surface area contributed by atoms with Gasteiger partial charge in [-0.1, -0.05) is 18.7 Å². The van der Waals surface area contributed by atoms with Crippen molar-refractivity contribution in [3.8, 4) is 0 Å². The summed E-state index contributed by atoms with van der Waals surface area (Å²) < 4.78 is 0. The largest absolute Gasteiger partial charge is 0.388 e. The average molecular weight is 154 g/mol. The molecule has 0 bridgehead atoms. The van der Waals surface area contributed by atoms with Crippen LogP contribution in [0.15, 0.2) is 24.3 Å². The molecule has 0 aliphatic carbocycles. The Morgan fingerprint density at radius 1 is 1.45 bits per heavy atom. The summed E-state index contributed by atoms with van der Waals surface area (Å²) in [6.07, 6.45) is -0.621. The van der Waals surface area contributed by atoms with Gasteiger partial charge in [-0.3, -0.25) is 4.79 Å². The van der Waals surface area contributed by atoms with Crippen LogP contribution < -0.4 is 0 Å². The van der Waals surface area contributed by atoms with Crippen LogP contribution >= 0.6 is 0 Å². The molecule has 2 nitrogen and oxygen atoms in total. The first kappa shape index (κ1) is 10.1. The molecule has 1 unspecified atom stereocenters. The van der Waals surface area contributed by atoms with Gasteiger partial charge in [-0.2, -0.15) is 0 Å². The molecule has 0 amide bonds. The molecule has 0 saturated heterocycles. The molecule has 0 heterocycles. The minimum Gasteiger partial charge on any atom is -0.388 e. The quantitative estimate of drug-likeness (QED) is 0.491. The molecule has 0 spiro atoms. The van der Waals surface area contributed by atoms with E-state index >= 15 is 0 Å². The second-order valence-electron chi connectivity index (χ2n) is 2.77. The zero-order chi connectivity index (χ0) is 9.02. The highest BCUT2D eigenvalue weighted by molar-refractivity contribution is 5.94. The van der Waals surface area contributed by atoms with Crippen molar-refractivity contribution in [3.05, 3.63) is 24.3 Å². The lowest BCUT2D eigenvalue weighted by atomic mass is 10.0. The van der Waals surface area contributed by atoms with E-state index in [1.807, 2.05) is 0 Å². The Hall–Kier alpha value is -0.890. The van der Waals surface area contributed by atoms with Gasteiger partial charge in [-0.05, 0) is 19.4 Å². The minimum atomic E-state index is -0.723. The Bertz CT molecular complexity index is 192. The Morgan fingerprint density at radius 2 is 1.91 bits per heavy atom. The molecule has 11 heavy (non-hydrogen) atoms. The number of hydrogen-bond acceptors (Lipinski definition) is 2. The van der Waals surface area contributed by atoms with Gasteiger partial charge < -0.3 is 5.11 Å². The summed E-state index contributed by atoms with van der Waals surface area (Å²) in [5.41, 5.74) is 1.09. The fourth-order valence-corrected chi connectivity index (χ4v) is 0.524. The maximum atomic E-state index is 11.0. The van der Waals surface area contributed by atoms with Gasteiger partial charge in [-0.25, -0.2) is 0 Å². The van der Waals surface area contributed by atoms with Gasteiger partial charge in [-0.15, -0.1) is 0 Å². The summed E-state index contributed by atoms with van der Waals surface area (Å²) in [7, 11) is 0. The second-order valence-corrected chi connectivity index (χ2v) is 2.77. The summed E-state index contributed by atoms with van der Waals surface area (Å²) in [4.78, 5) is 11.0. The molecule has 62 valence electrons. The first-order valence-corrected chi connectivity index (χ1v) is 3.47. The van der Waals surface area contributed by atoms with Crippen molar-refractivity contribution < 1.29 is 9.90 Å². The van der Waals surface area contributed by atoms with Crippen LogP contribution in [0.4, 0.5) is 0 Å². The Balaban J connectivity index is 3.95. The number of allylic oxidation sites excluding steroid dienone is 1. The molecule has 0 aromatic carbocycles. The van der Waals surface area contributed by atoms with Crippen LogP contribution in [0.5, 0.6) is 0 Å². The predicted octanol–water partition coefficient (Wildman–Crippen LogP) is 1.46. The van der Waals surface area contributed by atoms with Crippen LogP contribution in [0.1, 0.15) is 20.3 Å². The SMILES string of the molecule is C=C(C)C(=O)CC(O)C(=C)C. The monoisotopic (exact) mass is 154 g/mol. The number of rotatable bonds is 4.